The summed E-state index contributed by atoms with van der Waals surface area (Å²) in [6.45, 7) is 7.23. The summed E-state index contributed by atoms with van der Waals surface area (Å²) < 4.78 is 2.22. The Morgan fingerprint density at radius 2 is 1.84 bits per heavy atom. The smallest absolute Gasteiger partial charge is 0.271 e. The second kappa shape index (κ2) is 8.89. The minimum atomic E-state index is -0.405. The van der Waals surface area contributed by atoms with E-state index in [2.05, 4.69) is 66.3 Å². The molecule has 4 aromatic rings. The first-order chi connectivity index (χ1) is 15.3. The molecule has 0 aliphatic carbocycles. The quantitative estimate of drug-likeness (QED) is 0.304. The van der Waals surface area contributed by atoms with Crippen LogP contribution < -0.4 is 5.43 Å². The van der Waals surface area contributed by atoms with Gasteiger partial charge in [-0.15, -0.1) is 0 Å². The lowest BCUT2D eigenvalue weighted by Gasteiger charge is -2.11. The lowest BCUT2D eigenvalue weighted by molar-refractivity contribution is 0.0955. The van der Waals surface area contributed by atoms with Crippen LogP contribution in [-0.2, 0) is 6.54 Å². The van der Waals surface area contributed by atoms with E-state index in [0.717, 1.165) is 23.0 Å². The second-order valence-corrected chi connectivity index (χ2v) is 8.35. The maximum Gasteiger partial charge on any atom is 0.271 e. The predicted molar refractivity (Wildman–Crippen MR) is 130 cm³/mol. The van der Waals surface area contributed by atoms with Crippen molar-refractivity contribution in [1.82, 2.24) is 9.99 Å². The predicted octanol–water partition coefficient (Wildman–Crippen LogP) is 5.74. The average molecular weight is 446 g/mol. The summed E-state index contributed by atoms with van der Waals surface area (Å²) >= 11 is 5.87. The number of amides is 1. The molecule has 0 radical (unpaired) electrons. The van der Waals surface area contributed by atoms with Gasteiger partial charge in [0.05, 0.1) is 11.2 Å². The van der Waals surface area contributed by atoms with Crippen molar-refractivity contribution in [2.24, 2.45) is 5.10 Å². The van der Waals surface area contributed by atoms with Crippen LogP contribution in [0.3, 0.4) is 0 Å². The molecular weight excluding hydrogens is 422 g/mol. The largest absolute Gasteiger partial charge is 0.506 e. The van der Waals surface area contributed by atoms with E-state index in [1.54, 1.807) is 6.21 Å². The zero-order chi connectivity index (χ0) is 22.8. The van der Waals surface area contributed by atoms with Crippen molar-refractivity contribution in [3.05, 3.63) is 99.2 Å². The number of aryl methyl sites for hydroxylation is 2. The lowest BCUT2D eigenvalue weighted by Crippen LogP contribution is -2.17. The van der Waals surface area contributed by atoms with Crippen LogP contribution in [0.15, 0.2) is 65.9 Å². The summed E-state index contributed by atoms with van der Waals surface area (Å²) in [6.07, 6.45) is 3.70. The number of phenolic OH excluding ortho intramolecular Hbond substituents is 1. The van der Waals surface area contributed by atoms with Crippen LogP contribution in [0.1, 0.15) is 38.2 Å². The molecule has 6 heteroatoms. The van der Waals surface area contributed by atoms with Gasteiger partial charge in [0, 0.05) is 34.8 Å². The van der Waals surface area contributed by atoms with Gasteiger partial charge in [0.1, 0.15) is 5.75 Å². The third-order valence-electron chi connectivity index (χ3n) is 5.77. The van der Waals surface area contributed by atoms with E-state index in [4.69, 9.17) is 11.6 Å². The third kappa shape index (κ3) is 4.39. The van der Waals surface area contributed by atoms with Crippen LogP contribution >= 0.6 is 11.6 Å². The number of hydrogen-bond donors (Lipinski definition) is 2. The van der Waals surface area contributed by atoms with Crippen LogP contribution in [0.4, 0.5) is 0 Å². The maximum absolute atomic E-state index is 12.3. The fourth-order valence-electron chi connectivity index (χ4n) is 3.78. The molecule has 1 amide bonds. The van der Waals surface area contributed by atoms with Gasteiger partial charge in [-0.1, -0.05) is 35.9 Å². The van der Waals surface area contributed by atoms with Crippen LogP contribution in [-0.4, -0.2) is 21.8 Å². The van der Waals surface area contributed by atoms with Gasteiger partial charge >= 0.3 is 0 Å². The minimum absolute atomic E-state index is 0.0705. The first-order valence-corrected chi connectivity index (χ1v) is 10.7. The molecule has 4 rings (SSSR count). The molecule has 0 saturated carbocycles. The van der Waals surface area contributed by atoms with Crippen molar-refractivity contribution in [3.8, 4) is 5.75 Å². The molecule has 0 atom stereocenters. The Morgan fingerprint density at radius 1 is 1.09 bits per heavy atom. The fourth-order valence-corrected chi connectivity index (χ4v) is 3.96. The number of hydrogen-bond acceptors (Lipinski definition) is 3. The highest BCUT2D eigenvalue weighted by atomic mass is 35.5. The molecule has 2 N–H and O–H groups in total. The monoisotopic (exact) mass is 445 g/mol. The van der Waals surface area contributed by atoms with Crippen LogP contribution in [0, 0.1) is 20.8 Å². The molecule has 0 unspecified atom stereocenters. The molecule has 0 aliphatic heterocycles. The number of phenols is 1. The summed E-state index contributed by atoms with van der Waals surface area (Å²) in [7, 11) is 0. The number of aromatic nitrogens is 1. The van der Waals surface area contributed by atoms with Crippen LogP contribution in [0.2, 0.25) is 5.02 Å². The topological polar surface area (TPSA) is 66.6 Å². The van der Waals surface area contributed by atoms with Crippen molar-refractivity contribution in [1.29, 1.82) is 0 Å². The number of hydrazone groups is 1. The van der Waals surface area contributed by atoms with Crippen molar-refractivity contribution in [3.63, 3.8) is 0 Å². The zero-order valence-corrected chi connectivity index (χ0v) is 18.9. The number of fused-ring (bicyclic) bond motifs is 1. The number of carbonyl (C=O) groups excluding carboxylic acids is 1. The van der Waals surface area contributed by atoms with Gasteiger partial charge in [-0.2, -0.15) is 5.10 Å². The van der Waals surface area contributed by atoms with Gasteiger partial charge in [0.2, 0.25) is 0 Å². The van der Waals surface area contributed by atoms with Gasteiger partial charge in [-0.3, -0.25) is 4.79 Å². The average Bonchev–Trinajstić information content (AvgIpc) is 3.17. The number of nitrogens with one attached hydrogen (secondary N) is 1. The molecule has 1 heterocycles. The molecule has 1 aromatic heterocycles. The molecule has 0 saturated heterocycles. The molecule has 0 spiro atoms. The standard InChI is InChI=1S/C26H24ClN3O2/c1-16-11-19(12-17(2)18(16)3)15-30-10-9-22-21(5-4-6-24(22)30)14-28-29-26(32)20-7-8-25(31)23(27)13-20/h4-14,31H,15H2,1-3H3,(H,29,32)/b28-14-. The Bertz CT molecular complexity index is 1330. The molecule has 162 valence electrons. The van der Waals surface area contributed by atoms with Gasteiger partial charge < -0.3 is 9.67 Å². The van der Waals surface area contributed by atoms with Crippen molar-refractivity contribution in [2.75, 3.05) is 0 Å². The Labute approximate surface area is 192 Å². The molecular formula is C26H24ClN3O2. The first-order valence-electron chi connectivity index (χ1n) is 10.3. The van der Waals surface area contributed by atoms with Gasteiger partial charge in [0.25, 0.3) is 5.91 Å². The first kappa shape index (κ1) is 21.7. The number of halogens is 1. The fraction of sp³-hybridized carbons (Fsp3) is 0.154. The summed E-state index contributed by atoms with van der Waals surface area (Å²) in [4.78, 5) is 12.3. The SMILES string of the molecule is Cc1cc(Cn2ccc3c(/C=N\NC(=O)c4ccc(O)c(Cl)c4)cccc32)cc(C)c1C. The highest BCUT2D eigenvalue weighted by Crippen LogP contribution is 2.24. The number of carbonyl (C=O) groups is 1. The Balaban J connectivity index is 1.54. The normalized spacial score (nSPS) is 11.4. The number of nitrogens with zero attached hydrogens (tertiary/aromatic N) is 2. The van der Waals surface area contributed by atoms with E-state index in [1.165, 1.54) is 40.5 Å². The van der Waals surface area contributed by atoms with Crippen molar-refractivity contribution < 1.29 is 9.90 Å². The van der Waals surface area contributed by atoms with Crippen molar-refractivity contribution >= 4 is 34.6 Å². The third-order valence-corrected chi connectivity index (χ3v) is 6.07. The maximum atomic E-state index is 12.3. The molecule has 0 aliphatic rings. The summed E-state index contributed by atoms with van der Waals surface area (Å²) in [5.41, 5.74) is 10.0. The van der Waals surface area contributed by atoms with Gasteiger partial charge in [-0.05, 0) is 73.4 Å². The summed E-state index contributed by atoms with van der Waals surface area (Å²) in [5, 5.41) is 14.8. The molecule has 0 fully saturated rings. The number of benzene rings is 3. The molecule has 32 heavy (non-hydrogen) atoms. The van der Waals surface area contributed by atoms with Crippen molar-refractivity contribution in [2.45, 2.75) is 27.3 Å². The highest BCUT2D eigenvalue weighted by Gasteiger charge is 2.09. The summed E-state index contributed by atoms with van der Waals surface area (Å²) in [5.74, 6) is -0.475. The molecule has 0 bridgehead atoms. The van der Waals surface area contributed by atoms with Gasteiger partial charge in [0.15, 0.2) is 0 Å². The van der Waals surface area contributed by atoms with E-state index >= 15 is 0 Å². The molecule has 3 aromatic carbocycles. The Hall–Kier alpha value is -3.57. The van der Waals surface area contributed by atoms with E-state index in [1.807, 2.05) is 12.1 Å². The second-order valence-electron chi connectivity index (χ2n) is 7.94. The van der Waals surface area contributed by atoms with E-state index in [-0.39, 0.29) is 10.8 Å². The summed E-state index contributed by atoms with van der Waals surface area (Å²) in [6, 6.07) is 16.8. The Morgan fingerprint density at radius 3 is 2.56 bits per heavy atom. The van der Waals surface area contributed by atoms with Crippen LogP contribution in [0.25, 0.3) is 10.9 Å². The van der Waals surface area contributed by atoms with Crippen LogP contribution in [0.5, 0.6) is 5.75 Å². The van der Waals surface area contributed by atoms with E-state index in [9.17, 15) is 9.90 Å². The highest BCUT2D eigenvalue weighted by molar-refractivity contribution is 6.32. The van der Waals surface area contributed by atoms with Gasteiger partial charge in [-0.25, -0.2) is 5.43 Å². The van der Waals surface area contributed by atoms with E-state index < -0.39 is 5.91 Å². The lowest BCUT2D eigenvalue weighted by atomic mass is 10.0. The van der Waals surface area contributed by atoms with E-state index in [0.29, 0.717) is 5.56 Å². The zero-order valence-electron chi connectivity index (χ0n) is 18.2. The Kier molecular flexibility index (Phi) is 6.01. The molecule has 5 nitrogen and oxygen atoms in total. The number of aromatic hydroxyl groups is 1. The minimum Gasteiger partial charge on any atom is -0.506 e. The number of rotatable bonds is 5.